The Labute approximate surface area is 161 Å². The molecule has 1 N–H and O–H groups in total. The summed E-state index contributed by atoms with van der Waals surface area (Å²) >= 11 is 5.95. The van der Waals surface area contributed by atoms with E-state index in [4.69, 9.17) is 11.6 Å². The van der Waals surface area contributed by atoms with Crippen LogP contribution in [0.25, 0.3) is 5.69 Å². The van der Waals surface area contributed by atoms with Crippen LogP contribution in [-0.2, 0) is 4.79 Å². The molecule has 27 heavy (non-hydrogen) atoms. The predicted octanol–water partition coefficient (Wildman–Crippen LogP) is 3.69. The molecule has 2 aromatic carbocycles. The number of amides is 1. The van der Waals surface area contributed by atoms with Crippen molar-refractivity contribution in [2.24, 2.45) is 0 Å². The number of rotatable bonds is 6. The molecule has 6 nitrogen and oxygen atoms in total. The molecule has 3 rings (SSSR count). The third-order valence-electron chi connectivity index (χ3n) is 4.32. The Morgan fingerprint density at radius 2 is 2.04 bits per heavy atom. The zero-order valence-corrected chi connectivity index (χ0v) is 15.7. The van der Waals surface area contributed by atoms with Crippen molar-refractivity contribution >= 4 is 23.2 Å². The number of nitrogens with one attached hydrogen (secondary N) is 1. The van der Waals surface area contributed by atoms with Gasteiger partial charge in [-0.2, -0.15) is 5.10 Å². The first kappa shape index (κ1) is 19.0. The normalized spacial score (nSPS) is 12.2. The molecule has 1 amide bonds. The summed E-state index contributed by atoms with van der Waals surface area (Å²) in [5.74, 6) is -0.671. The Hall–Kier alpha value is -2.77. The minimum Gasteiger partial charge on any atom is -0.324 e. The average Bonchev–Trinajstić information content (AvgIpc) is 3.18. The van der Waals surface area contributed by atoms with Crippen LogP contribution in [0.5, 0.6) is 0 Å². The molecule has 1 atom stereocenters. The Bertz CT molecular complexity index is 914. The highest BCUT2D eigenvalue weighted by molar-refractivity contribution is 6.33. The van der Waals surface area contributed by atoms with E-state index in [0.29, 0.717) is 5.69 Å². The number of benzene rings is 2. The van der Waals surface area contributed by atoms with E-state index in [2.05, 4.69) is 15.4 Å². The SMILES string of the molecule is CC(c1ccc(-n2cncn2)cc1)N(C)CC(=O)Nc1ccc(F)cc1Cl. The van der Waals surface area contributed by atoms with Crippen LogP contribution >= 0.6 is 11.6 Å². The molecule has 0 aliphatic carbocycles. The van der Waals surface area contributed by atoms with Gasteiger partial charge >= 0.3 is 0 Å². The van der Waals surface area contributed by atoms with Crippen molar-refractivity contribution in [1.82, 2.24) is 19.7 Å². The molecular weight excluding hydrogens is 369 g/mol. The number of anilines is 1. The Kier molecular flexibility index (Phi) is 5.83. The van der Waals surface area contributed by atoms with E-state index in [-0.39, 0.29) is 23.5 Å². The number of aromatic nitrogens is 3. The Balaban J connectivity index is 1.61. The molecular formula is C19H19ClFN5O. The van der Waals surface area contributed by atoms with Crippen molar-refractivity contribution in [3.8, 4) is 5.69 Å². The number of hydrogen-bond acceptors (Lipinski definition) is 4. The minimum absolute atomic E-state index is 0.0178. The summed E-state index contributed by atoms with van der Waals surface area (Å²) < 4.78 is 14.8. The quantitative estimate of drug-likeness (QED) is 0.700. The lowest BCUT2D eigenvalue weighted by Gasteiger charge is -2.24. The van der Waals surface area contributed by atoms with Crippen molar-refractivity contribution in [3.63, 3.8) is 0 Å². The van der Waals surface area contributed by atoms with Gasteiger partial charge in [-0.3, -0.25) is 9.69 Å². The van der Waals surface area contributed by atoms with E-state index in [1.165, 1.54) is 24.5 Å². The van der Waals surface area contributed by atoms with E-state index in [1.807, 2.05) is 43.1 Å². The van der Waals surface area contributed by atoms with Crippen molar-refractivity contribution in [1.29, 1.82) is 0 Å². The molecule has 8 heteroatoms. The van der Waals surface area contributed by atoms with E-state index in [1.54, 1.807) is 11.0 Å². The van der Waals surface area contributed by atoms with Gasteiger partial charge in [-0.1, -0.05) is 23.7 Å². The summed E-state index contributed by atoms with van der Waals surface area (Å²) in [5, 5.41) is 6.97. The van der Waals surface area contributed by atoms with Gasteiger partial charge in [0.15, 0.2) is 0 Å². The first-order valence-corrected chi connectivity index (χ1v) is 8.72. The van der Waals surface area contributed by atoms with E-state index >= 15 is 0 Å². The van der Waals surface area contributed by atoms with E-state index in [0.717, 1.165) is 11.3 Å². The monoisotopic (exact) mass is 387 g/mol. The van der Waals surface area contributed by atoms with Crippen LogP contribution in [0.1, 0.15) is 18.5 Å². The smallest absolute Gasteiger partial charge is 0.238 e. The average molecular weight is 388 g/mol. The third-order valence-corrected chi connectivity index (χ3v) is 4.63. The van der Waals surface area contributed by atoms with Crippen LogP contribution in [0, 0.1) is 5.82 Å². The number of likely N-dealkylation sites (N-methyl/N-ethyl adjacent to an activating group) is 1. The second-order valence-electron chi connectivity index (χ2n) is 6.20. The lowest BCUT2D eigenvalue weighted by Crippen LogP contribution is -2.32. The number of nitrogens with zero attached hydrogens (tertiary/aromatic N) is 4. The molecule has 1 aromatic heterocycles. The van der Waals surface area contributed by atoms with Crippen molar-refractivity contribution in [2.75, 3.05) is 18.9 Å². The minimum atomic E-state index is -0.446. The highest BCUT2D eigenvalue weighted by Gasteiger charge is 2.16. The van der Waals surface area contributed by atoms with Gasteiger partial charge in [0, 0.05) is 6.04 Å². The zero-order chi connectivity index (χ0) is 19.4. The van der Waals surface area contributed by atoms with Crippen molar-refractivity contribution in [3.05, 3.63) is 71.5 Å². The number of hydrogen-bond donors (Lipinski definition) is 1. The van der Waals surface area contributed by atoms with Gasteiger partial charge in [0.25, 0.3) is 0 Å². The zero-order valence-electron chi connectivity index (χ0n) is 14.9. The van der Waals surface area contributed by atoms with E-state index < -0.39 is 5.82 Å². The second kappa shape index (κ2) is 8.28. The van der Waals surface area contributed by atoms with Gasteiger partial charge in [0.05, 0.1) is 22.9 Å². The standard InChI is InChI=1S/C19H19ClFN5O/c1-13(14-3-6-16(7-4-14)26-12-22-11-23-26)25(2)10-19(27)24-18-8-5-15(21)9-17(18)20/h3-9,11-13H,10H2,1-2H3,(H,24,27). The highest BCUT2D eigenvalue weighted by atomic mass is 35.5. The largest absolute Gasteiger partial charge is 0.324 e. The van der Waals surface area contributed by atoms with Crippen LogP contribution in [-0.4, -0.2) is 39.2 Å². The molecule has 1 heterocycles. The number of halogens is 2. The summed E-state index contributed by atoms with van der Waals surface area (Å²) in [6.07, 6.45) is 3.12. The maximum atomic E-state index is 13.1. The Morgan fingerprint density at radius 1 is 1.30 bits per heavy atom. The van der Waals surface area contributed by atoms with Crippen LogP contribution in [0.4, 0.5) is 10.1 Å². The topological polar surface area (TPSA) is 63.1 Å². The molecule has 0 radical (unpaired) electrons. The van der Waals surface area contributed by atoms with E-state index in [9.17, 15) is 9.18 Å². The molecule has 0 aliphatic rings. The summed E-state index contributed by atoms with van der Waals surface area (Å²) in [6, 6.07) is 11.8. The summed E-state index contributed by atoms with van der Waals surface area (Å²) in [5.41, 5.74) is 2.37. The molecule has 0 spiro atoms. The maximum Gasteiger partial charge on any atom is 0.238 e. The van der Waals surface area contributed by atoms with Crippen LogP contribution in [0.15, 0.2) is 55.1 Å². The first-order valence-electron chi connectivity index (χ1n) is 8.34. The van der Waals surface area contributed by atoms with Crippen molar-refractivity contribution in [2.45, 2.75) is 13.0 Å². The molecule has 0 saturated carbocycles. The van der Waals surface area contributed by atoms with Crippen LogP contribution < -0.4 is 5.32 Å². The van der Waals surface area contributed by atoms with Crippen LogP contribution in [0.2, 0.25) is 5.02 Å². The fraction of sp³-hybridized carbons (Fsp3) is 0.211. The fourth-order valence-electron chi connectivity index (χ4n) is 2.65. The molecule has 0 aliphatic heterocycles. The van der Waals surface area contributed by atoms with Crippen molar-refractivity contribution < 1.29 is 9.18 Å². The van der Waals surface area contributed by atoms with Gasteiger partial charge < -0.3 is 5.32 Å². The predicted molar refractivity (Wildman–Crippen MR) is 102 cm³/mol. The van der Waals surface area contributed by atoms with Gasteiger partial charge in [-0.15, -0.1) is 0 Å². The molecule has 0 saturated heterocycles. The maximum absolute atomic E-state index is 13.1. The van der Waals surface area contributed by atoms with Gasteiger partial charge in [-0.25, -0.2) is 14.1 Å². The summed E-state index contributed by atoms with van der Waals surface area (Å²) in [7, 11) is 1.86. The highest BCUT2D eigenvalue weighted by Crippen LogP contribution is 2.23. The third kappa shape index (κ3) is 4.69. The summed E-state index contributed by atoms with van der Waals surface area (Å²) in [6.45, 7) is 2.18. The summed E-state index contributed by atoms with van der Waals surface area (Å²) in [4.78, 5) is 18.1. The number of carbonyl (C=O) groups excluding carboxylic acids is 1. The molecule has 3 aromatic rings. The Morgan fingerprint density at radius 3 is 2.67 bits per heavy atom. The van der Waals surface area contributed by atoms with Gasteiger partial charge in [-0.05, 0) is 49.9 Å². The first-order chi connectivity index (χ1) is 12.9. The van der Waals surface area contributed by atoms with Gasteiger partial charge in [0.2, 0.25) is 5.91 Å². The number of carbonyl (C=O) groups is 1. The molecule has 0 bridgehead atoms. The molecule has 140 valence electrons. The lowest BCUT2D eigenvalue weighted by atomic mass is 10.1. The van der Waals surface area contributed by atoms with Crippen LogP contribution in [0.3, 0.4) is 0 Å². The second-order valence-corrected chi connectivity index (χ2v) is 6.60. The van der Waals surface area contributed by atoms with Gasteiger partial charge in [0.1, 0.15) is 18.5 Å². The molecule has 0 fully saturated rings. The fourth-order valence-corrected chi connectivity index (χ4v) is 2.86. The lowest BCUT2D eigenvalue weighted by molar-refractivity contribution is -0.117. The molecule has 1 unspecified atom stereocenters.